The van der Waals surface area contributed by atoms with Crippen LogP contribution in [0, 0.1) is 22.7 Å². The summed E-state index contributed by atoms with van der Waals surface area (Å²) < 4.78 is 37.3. The lowest BCUT2D eigenvalue weighted by molar-refractivity contribution is -0.151. The van der Waals surface area contributed by atoms with Gasteiger partial charge in [0.2, 0.25) is 5.44 Å². The van der Waals surface area contributed by atoms with Crippen LogP contribution in [-0.2, 0) is 19.6 Å². The summed E-state index contributed by atoms with van der Waals surface area (Å²) in [5.74, 6) is -0.381. The van der Waals surface area contributed by atoms with Crippen molar-refractivity contribution in [2.45, 2.75) is 57.5 Å². The zero-order valence-electron chi connectivity index (χ0n) is 16.4. The molecule has 0 aromatic carbocycles. The fourth-order valence-electron chi connectivity index (χ4n) is 5.79. The van der Waals surface area contributed by atoms with Gasteiger partial charge in [-0.15, -0.1) is 0 Å². The van der Waals surface area contributed by atoms with E-state index in [9.17, 15) is 28.0 Å². The fourth-order valence-corrected chi connectivity index (χ4v) is 6.58. The van der Waals surface area contributed by atoms with Gasteiger partial charge in [0.1, 0.15) is 6.61 Å². The number of ketones is 1. The molecule has 0 amide bonds. The van der Waals surface area contributed by atoms with E-state index in [2.05, 4.69) is 13.5 Å². The van der Waals surface area contributed by atoms with Gasteiger partial charge >= 0.3 is 0 Å². The van der Waals surface area contributed by atoms with Gasteiger partial charge in [-0.1, -0.05) is 32.1 Å². The van der Waals surface area contributed by atoms with Crippen LogP contribution in [0.1, 0.15) is 46.0 Å². The molecule has 0 bridgehead atoms. The molecule has 7 nitrogen and oxygen atoms in total. The third-order valence-electron chi connectivity index (χ3n) is 7.48. The normalized spacial score (nSPS) is 43.4. The minimum atomic E-state index is -4.52. The molecule has 3 rings (SSSR count). The average Bonchev–Trinajstić information content (AvgIpc) is 2.99. The lowest BCUT2D eigenvalue weighted by Gasteiger charge is -2.59. The van der Waals surface area contributed by atoms with Crippen LogP contribution in [0.4, 0.5) is 0 Å². The van der Waals surface area contributed by atoms with Gasteiger partial charge in [0.05, 0.1) is 12.7 Å². The van der Waals surface area contributed by atoms with Gasteiger partial charge < -0.3 is 14.9 Å². The van der Waals surface area contributed by atoms with Gasteiger partial charge in [-0.3, -0.25) is 9.35 Å². The first-order chi connectivity index (χ1) is 12.9. The summed E-state index contributed by atoms with van der Waals surface area (Å²) in [5.41, 5.74) is -1.47. The molecule has 28 heavy (non-hydrogen) atoms. The number of allylic oxidation sites excluding steroid dienone is 2. The van der Waals surface area contributed by atoms with E-state index >= 15 is 0 Å². The van der Waals surface area contributed by atoms with Crippen molar-refractivity contribution in [2.24, 2.45) is 22.7 Å². The zero-order valence-corrected chi connectivity index (χ0v) is 17.2. The van der Waals surface area contributed by atoms with Crippen molar-refractivity contribution in [3.05, 3.63) is 23.8 Å². The van der Waals surface area contributed by atoms with E-state index in [0.29, 0.717) is 12.8 Å². The lowest BCUT2D eigenvalue weighted by atomic mass is 9.46. The quantitative estimate of drug-likeness (QED) is 0.365. The Morgan fingerprint density at radius 2 is 2.00 bits per heavy atom. The van der Waals surface area contributed by atoms with Gasteiger partial charge in [0, 0.05) is 11.0 Å². The summed E-state index contributed by atoms with van der Waals surface area (Å²) in [4.78, 5) is 12.1. The van der Waals surface area contributed by atoms with Gasteiger partial charge in [-0.2, -0.15) is 8.42 Å². The maximum Gasteiger partial charge on any atom is 0.296 e. The molecule has 2 aliphatic carbocycles. The molecule has 2 saturated carbocycles. The van der Waals surface area contributed by atoms with Crippen molar-refractivity contribution in [3.8, 4) is 0 Å². The molecule has 6 atom stereocenters. The molecule has 3 aliphatic rings. The second-order valence-electron chi connectivity index (χ2n) is 9.00. The Bertz CT molecular complexity index is 801. The Labute approximate surface area is 166 Å². The van der Waals surface area contributed by atoms with Crippen molar-refractivity contribution < 1.29 is 32.7 Å². The number of aliphatic hydroxyl groups excluding tert-OH is 2. The number of hydrogen-bond acceptors (Lipinski definition) is 6. The molecule has 0 aromatic heterocycles. The average molecular weight is 415 g/mol. The van der Waals surface area contributed by atoms with Crippen molar-refractivity contribution in [1.82, 2.24) is 0 Å². The fraction of sp³-hybridized carbons (Fsp3) is 0.750. The number of carbonyl (C=O) groups excluding carboxylic acids is 1. The van der Waals surface area contributed by atoms with Crippen LogP contribution in [0.3, 0.4) is 0 Å². The summed E-state index contributed by atoms with van der Waals surface area (Å²) in [6, 6.07) is 0. The number of fused-ring (bicyclic) bond motifs is 1. The predicted molar refractivity (Wildman–Crippen MR) is 103 cm³/mol. The third kappa shape index (κ3) is 3.39. The smallest absolute Gasteiger partial charge is 0.296 e. The Morgan fingerprint density at radius 1 is 1.32 bits per heavy atom. The highest BCUT2D eigenvalue weighted by molar-refractivity contribution is 7.86. The summed E-state index contributed by atoms with van der Waals surface area (Å²) in [6.07, 6.45) is 4.30. The monoisotopic (exact) mass is 414 g/mol. The molecule has 0 aromatic rings. The van der Waals surface area contributed by atoms with Crippen LogP contribution in [0.15, 0.2) is 23.8 Å². The molecule has 3 N–H and O–H groups in total. The molecule has 1 aliphatic heterocycles. The predicted octanol–water partition coefficient (Wildman–Crippen LogP) is 1.86. The Balaban J connectivity index is 1.93. The maximum absolute atomic E-state index is 12.1. The van der Waals surface area contributed by atoms with Gasteiger partial charge in [0.25, 0.3) is 10.1 Å². The topological polar surface area (TPSA) is 121 Å². The summed E-state index contributed by atoms with van der Waals surface area (Å²) in [7, 11) is -4.52. The number of hydrogen-bond donors (Lipinski definition) is 3. The molecule has 158 valence electrons. The first-order valence-corrected chi connectivity index (χ1v) is 11.2. The van der Waals surface area contributed by atoms with Gasteiger partial charge in [0.15, 0.2) is 5.78 Å². The standard InChI is InChI=1S/C20H30O7S/c1-12-4-7-16-19(2,9-8-17(23)20(16,3)11-21)14(12)6-5-13-15(22)10-27-18(13)28(24,25)26/h5,14,16-18,21,23H,1,4,6-11H2,2-3H3,(H,24,25,26)/b13-5+/t14-,16-,17-,18+,19+,20+/m1/s1. The Kier molecular flexibility index (Phi) is 5.66. The van der Waals surface area contributed by atoms with Crippen LogP contribution in [-0.4, -0.2) is 53.7 Å². The second kappa shape index (κ2) is 7.32. The number of aliphatic hydroxyl groups is 2. The number of carbonyl (C=O) groups is 1. The van der Waals surface area contributed by atoms with E-state index < -0.39 is 32.9 Å². The number of Topliss-reactive ketones (excluding diaryl/α,β-unsaturated/α-hetero) is 1. The highest BCUT2D eigenvalue weighted by Gasteiger charge is 2.57. The molecule has 3 fully saturated rings. The van der Waals surface area contributed by atoms with Crippen molar-refractivity contribution >= 4 is 15.9 Å². The number of rotatable bonds is 4. The SMILES string of the molecule is C=C1CC[C@H]2[C@](C)(CO)[C@H](O)CC[C@@]2(C)[C@@H]1C/C=C1\C(=O)CO[C@H]1S(=O)(=O)O. The highest BCUT2D eigenvalue weighted by atomic mass is 32.2. The largest absolute Gasteiger partial charge is 0.396 e. The zero-order chi connectivity index (χ0) is 20.9. The van der Waals surface area contributed by atoms with E-state index in [-0.39, 0.29) is 36.0 Å². The van der Waals surface area contributed by atoms with Crippen LogP contribution < -0.4 is 0 Å². The lowest BCUT2D eigenvalue weighted by Crippen LogP contribution is -2.57. The summed E-state index contributed by atoms with van der Waals surface area (Å²) >= 11 is 0. The maximum atomic E-state index is 12.1. The van der Waals surface area contributed by atoms with E-state index in [1.54, 1.807) is 6.08 Å². The number of ether oxygens (including phenoxy) is 1. The molecule has 8 heteroatoms. The molecule has 0 radical (unpaired) electrons. The third-order valence-corrected chi connectivity index (χ3v) is 8.41. The van der Waals surface area contributed by atoms with E-state index in [1.807, 2.05) is 6.92 Å². The molecule has 0 unspecified atom stereocenters. The molecule has 0 spiro atoms. The van der Waals surface area contributed by atoms with Crippen LogP contribution in [0.25, 0.3) is 0 Å². The second-order valence-corrected chi connectivity index (χ2v) is 10.5. The summed E-state index contributed by atoms with van der Waals surface area (Å²) in [6.45, 7) is 7.81. The van der Waals surface area contributed by atoms with Gasteiger partial charge in [-0.25, -0.2) is 0 Å². The van der Waals surface area contributed by atoms with E-state index in [0.717, 1.165) is 24.8 Å². The Hall–Kier alpha value is -1.06. The Morgan fingerprint density at radius 3 is 2.61 bits per heavy atom. The first kappa shape index (κ1) is 21.6. The van der Waals surface area contributed by atoms with Crippen molar-refractivity contribution in [1.29, 1.82) is 0 Å². The van der Waals surface area contributed by atoms with Crippen LogP contribution >= 0.6 is 0 Å². The van der Waals surface area contributed by atoms with Crippen molar-refractivity contribution in [3.63, 3.8) is 0 Å². The molecular formula is C20H30O7S. The highest BCUT2D eigenvalue weighted by Crippen LogP contribution is 2.61. The van der Waals surface area contributed by atoms with Crippen LogP contribution in [0.2, 0.25) is 0 Å². The molecule has 1 heterocycles. The van der Waals surface area contributed by atoms with Gasteiger partial charge in [-0.05, 0) is 49.4 Å². The molecule has 1 saturated heterocycles. The van der Waals surface area contributed by atoms with Crippen molar-refractivity contribution in [2.75, 3.05) is 13.2 Å². The minimum Gasteiger partial charge on any atom is -0.396 e. The van der Waals surface area contributed by atoms with E-state index in [4.69, 9.17) is 4.74 Å². The van der Waals surface area contributed by atoms with Crippen LogP contribution in [0.5, 0.6) is 0 Å². The summed E-state index contributed by atoms with van der Waals surface area (Å²) in [5, 5.41) is 20.6. The van der Waals surface area contributed by atoms with E-state index in [1.165, 1.54) is 0 Å². The minimum absolute atomic E-state index is 0.0208. The first-order valence-electron chi connectivity index (χ1n) is 9.73. The molecular weight excluding hydrogens is 384 g/mol.